The minimum Gasteiger partial charge on any atom is -0.493 e. The van der Waals surface area contributed by atoms with Crippen LogP contribution in [0.1, 0.15) is 28.4 Å². The fraction of sp³-hybridized carbons (Fsp3) is 0.267. The Morgan fingerprint density at radius 2 is 1.75 bits per heavy atom. The summed E-state index contributed by atoms with van der Waals surface area (Å²) < 4.78 is 10.7. The van der Waals surface area contributed by atoms with E-state index in [0.29, 0.717) is 36.4 Å². The van der Waals surface area contributed by atoms with Crippen molar-refractivity contribution in [2.45, 2.75) is 24.9 Å². The number of carbonyl (C=O) groups excluding carboxylic acids is 2. The zero-order valence-electron chi connectivity index (χ0n) is 22.1. The molecule has 0 radical (unpaired) electrons. The number of aromatic amines is 1. The number of nitro groups is 1. The van der Waals surface area contributed by atoms with Crippen LogP contribution in [-0.2, 0) is 22.4 Å². The third kappa shape index (κ3) is 4.21. The van der Waals surface area contributed by atoms with Gasteiger partial charge in [0, 0.05) is 41.7 Å². The van der Waals surface area contributed by atoms with Crippen molar-refractivity contribution in [3.8, 4) is 11.5 Å². The highest BCUT2D eigenvalue weighted by Gasteiger charge is 2.48. The molecule has 0 saturated carbocycles. The van der Waals surface area contributed by atoms with Gasteiger partial charge in [0.2, 0.25) is 11.8 Å². The van der Waals surface area contributed by atoms with Crippen molar-refractivity contribution in [1.82, 2.24) is 14.8 Å². The van der Waals surface area contributed by atoms with Gasteiger partial charge in [0.25, 0.3) is 5.69 Å². The van der Waals surface area contributed by atoms with Crippen molar-refractivity contribution in [2.24, 2.45) is 0 Å². The summed E-state index contributed by atoms with van der Waals surface area (Å²) in [6, 6.07) is 18.5. The molecule has 6 rings (SSSR count). The van der Waals surface area contributed by atoms with E-state index in [-0.39, 0.29) is 24.0 Å². The zero-order valence-corrected chi connectivity index (χ0v) is 22.1. The summed E-state index contributed by atoms with van der Waals surface area (Å²) in [4.78, 5) is 45.2. The first-order valence-electron chi connectivity index (χ1n) is 13.0. The molecule has 3 aromatic carbocycles. The van der Waals surface area contributed by atoms with Gasteiger partial charge < -0.3 is 24.3 Å². The Hall–Kier alpha value is -4.86. The second-order valence-corrected chi connectivity index (χ2v) is 10.0. The van der Waals surface area contributed by atoms with E-state index in [1.807, 2.05) is 42.5 Å². The number of nitro benzene ring substituents is 1. The van der Waals surface area contributed by atoms with Gasteiger partial charge in [0.05, 0.1) is 31.7 Å². The van der Waals surface area contributed by atoms with Crippen molar-refractivity contribution < 1.29 is 24.0 Å². The van der Waals surface area contributed by atoms with Gasteiger partial charge in [-0.3, -0.25) is 19.7 Å². The van der Waals surface area contributed by atoms with Gasteiger partial charge in [-0.2, -0.15) is 0 Å². The lowest BCUT2D eigenvalue weighted by Crippen LogP contribution is -2.63. The highest BCUT2D eigenvalue weighted by atomic mass is 16.6. The third-order valence-electron chi connectivity index (χ3n) is 7.88. The normalized spacial score (nSPS) is 18.4. The number of carbonyl (C=O) groups is 2. The Bertz CT molecular complexity index is 1630. The molecule has 10 heteroatoms. The van der Waals surface area contributed by atoms with Crippen LogP contribution in [0.25, 0.3) is 10.9 Å². The molecule has 2 aliphatic rings. The number of nitrogens with one attached hydrogen (secondary N) is 1. The molecule has 1 aromatic heterocycles. The van der Waals surface area contributed by atoms with Gasteiger partial charge in [-0.25, -0.2) is 0 Å². The standard InChI is InChI=1S/C30H28N4O6/c1-39-25-12-7-18(15-26(25)40-2)13-14-32-17-27(35)33-24(30(32)36)16-22-21-5-3-4-6-23(21)31-28(22)29(33)19-8-10-20(11-9-19)34(37)38/h3-12,15,24,29,31H,13-14,16-17H2,1-2H3/t24-,29-/m1/s1. The molecule has 4 aromatic rings. The first-order valence-corrected chi connectivity index (χ1v) is 13.0. The Balaban J connectivity index is 1.34. The highest BCUT2D eigenvalue weighted by molar-refractivity contribution is 5.97. The summed E-state index contributed by atoms with van der Waals surface area (Å²) in [7, 11) is 3.15. The lowest BCUT2D eigenvalue weighted by Gasteiger charge is -2.47. The molecule has 2 atom stereocenters. The zero-order chi connectivity index (χ0) is 28.0. The number of benzene rings is 3. The van der Waals surface area contributed by atoms with Gasteiger partial charge in [-0.1, -0.05) is 24.3 Å². The van der Waals surface area contributed by atoms with E-state index in [0.717, 1.165) is 27.7 Å². The van der Waals surface area contributed by atoms with Gasteiger partial charge >= 0.3 is 0 Å². The quantitative estimate of drug-likeness (QED) is 0.280. The Morgan fingerprint density at radius 3 is 2.48 bits per heavy atom. The van der Waals surface area contributed by atoms with Crippen LogP contribution in [0, 0.1) is 10.1 Å². The number of H-pyrrole nitrogens is 1. The molecule has 3 heterocycles. The molecule has 0 unspecified atom stereocenters. The average Bonchev–Trinajstić information content (AvgIpc) is 3.35. The van der Waals surface area contributed by atoms with E-state index in [1.54, 1.807) is 36.2 Å². The number of amides is 2. The van der Waals surface area contributed by atoms with Crippen molar-refractivity contribution in [3.63, 3.8) is 0 Å². The summed E-state index contributed by atoms with van der Waals surface area (Å²) in [6.07, 6.45) is 0.941. The summed E-state index contributed by atoms with van der Waals surface area (Å²) in [5.41, 5.74) is 4.39. The van der Waals surface area contributed by atoms with Gasteiger partial charge in [0.15, 0.2) is 11.5 Å². The predicted octanol–water partition coefficient (Wildman–Crippen LogP) is 4.02. The molecule has 0 spiro atoms. The molecule has 0 aliphatic carbocycles. The summed E-state index contributed by atoms with van der Waals surface area (Å²) in [5.74, 6) is 0.963. The van der Waals surface area contributed by atoms with Crippen LogP contribution in [0.4, 0.5) is 5.69 Å². The molecule has 1 N–H and O–H groups in total. The van der Waals surface area contributed by atoms with Crippen LogP contribution in [0.5, 0.6) is 11.5 Å². The number of fused-ring (bicyclic) bond motifs is 4. The smallest absolute Gasteiger partial charge is 0.269 e. The third-order valence-corrected chi connectivity index (χ3v) is 7.88. The maximum absolute atomic E-state index is 13.9. The van der Waals surface area contributed by atoms with Crippen LogP contribution in [0.2, 0.25) is 0 Å². The van der Waals surface area contributed by atoms with Crippen LogP contribution in [0.15, 0.2) is 66.7 Å². The average molecular weight is 541 g/mol. The Morgan fingerprint density at radius 1 is 1.00 bits per heavy atom. The van der Waals surface area contributed by atoms with Crippen molar-refractivity contribution in [1.29, 1.82) is 0 Å². The monoisotopic (exact) mass is 540 g/mol. The van der Waals surface area contributed by atoms with E-state index in [1.165, 1.54) is 12.1 Å². The SMILES string of the molecule is COc1ccc(CCN2CC(=O)N3[C@H](c4ccc([N+](=O)[O-])cc4)c4[nH]c5ccccc5c4C[C@@H]3C2=O)cc1OC. The Kier molecular flexibility index (Phi) is 6.37. The number of para-hydroxylation sites is 1. The summed E-state index contributed by atoms with van der Waals surface area (Å²) in [5, 5.41) is 12.3. The first-order chi connectivity index (χ1) is 19.4. The molecule has 1 saturated heterocycles. The lowest BCUT2D eigenvalue weighted by atomic mass is 9.86. The van der Waals surface area contributed by atoms with E-state index >= 15 is 0 Å². The maximum atomic E-state index is 13.9. The fourth-order valence-corrected chi connectivity index (χ4v) is 5.94. The van der Waals surface area contributed by atoms with Crippen LogP contribution in [0.3, 0.4) is 0 Å². The summed E-state index contributed by atoms with van der Waals surface area (Å²) >= 11 is 0. The Labute approximate surface area is 230 Å². The number of ether oxygens (including phenoxy) is 2. The van der Waals surface area contributed by atoms with Gasteiger partial charge in [-0.05, 0) is 53.4 Å². The predicted molar refractivity (Wildman–Crippen MR) is 147 cm³/mol. The van der Waals surface area contributed by atoms with Gasteiger partial charge in [-0.15, -0.1) is 0 Å². The number of non-ortho nitro benzene ring substituents is 1. The van der Waals surface area contributed by atoms with E-state index in [4.69, 9.17) is 9.47 Å². The minimum absolute atomic E-state index is 0.0321. The van der Waals surface area contributed by atoms with E-state index < -0.39 is 17.0 Å². The second-order valence-electron chi connectivity index (χ2n) is 10.0. The molecule has 10 nitrogen and oxygen atoms in total. The van der Waals surface area contributed by atoms with Crippen molar-refractivity contribution in [3.05, 3.63) is 99.2 Å². The molecule has 2 aliphatic heterocycles. The fourth-order valence-electron chi connectivity index (χ4n) is 5.94. The summed E-state index contributed by atoms with van der Waals surface area (Å²) in [6.45, 7) is 0.342. The van der Waals surface area contributed by atoms with Crippen molar-refractivity contribution >= 4 is 28.4 Å². The number of aromatic nitrogens is 1. The lowest BCUT2D eigenvalue weighted by molar-refractivity contribution is -0.384. The topological polar surface area (TPSA) is 118 Å². The van der Waals surface area contributed by atoms with Crippen LogP contribution in [-0.4, -0.2) is 64.9 Å². The van der Waals surface area contributed by atoms with Crippen molar-refractivity contribution in [2.75, 3.05) is 27.3 Å². The molecule has 0 bridgehead atoms. The molecule has 2 amide bonds. The molecule has 40 heavy (non-hydrogen) atoms. The molecular formula is C30H28N4O6. The molecule has 1 fully saturated rings. The van der Waals surface area contributed by atoms with E-state index in [9.17, 15) is 19.7 Å². The largest absolute Gasteiger partial charge is 0.493 e. The van der Waals surface area contributed by atoms with Crippen LogP contribution >= 0.6 is 0 Å². The van der Waals surface area contributed by atoms with Crippen LogP contribution < -0.4 is 9.47 Å². The minimum atomic E-state index is -0.682. The number of methoxy groups -OCH3 is 2. The maximum Gasteiger partial charge on any atom is 0.269 e. The molecular weight excluding hydrogens is 512 g/mol. The number of piperazine rings is 1. The molecule has 204 valence electrons. The number of hydrogen-bond donors (Lipinski definition) is 1. The second kappa shape index (κ2) is 10.0. The number of rotatable bonds is 7. The number of hydrogen-bond acceptors (Lipinski definition) is 6. The first kappa shape index (κ1) is 25.4. The highest BCUT2D eigenvalue weighted by Crippen LogP contribution is 2.42. The van der Waals surface area contributed by atoms with E-state index in [2.05, 4.69) is 4.98 Å². The van der Waals surface area contributed by atoms with Gasteiger partial charge in [0.1, 0.15) is 6.04 Å². The number of nitrogens with zero attached hydrogens (tertiary/aromatic N) is 3.